The molecule has 25 heavy (non-hydrogen) atoms. The Labute approximate surface area is 148 Å². The molecular weight excluding hydrogens is 318 g/mol. The van der Waals surface area contributed by atoms with Gasteiger partial charge in [-0.3, -0.25) is 4.99 Å². The monoisotopic (exact) mass is 341 g/mol. The van der Waals surface area contributed by atoms with Crippen molar-refractivity contribution in [1.82, 2.24) is 0 Å². The second kappa shape index (κ2) is 8.33. The summed E-state index contributed by atoms with van der Waals surface area (Å²) < 4.78 is 15.9. The van der Waals surface area contributed by atoms with Gasteiger partial charge in [-0.05, 0) is 74.9 Å². The van der Waals surface area contributed by atoms with Crippen molar-refractivity contribution < 1.29 is 19.0 Å². The number of methoxy groups -OCH3 is 1. The summed E-state index contributed by atoms with van der Waals surface area (Å²) in [7, 11) is 1.63. The van der Waals surface area contributed by atoms with Crippen LogP contribution in [0.25, 0.3) is 0 Å². The fourth-order valence-corrected chi connectivity index (χ4v) is 2.08. The lowest BCUT2D eigenvalue weighted by Crippen LogP contribution is -2.39. The molecule has 0 atom stereocenters. The van der Waals surface area contributed by atoms with Gasteiger partial charge >= 0.3 is 5.97 Å². The van der Waals surface area contributed by atoms with Crippen molar-refractivity contribution in [2.24, 2.45) is 4.99 Å². The van der Waals surface area contributed by atoms with E-state index in [1.807, 2.05) is 36.4 Å². The normalized spacial score (nSPS) is 11.4. The molecule has 2 rings (SSSR count). The van der Waals surface area contributed by atoms with Gasteiger partial charge in [0.2, 0.25) is 0 Å². The molecule has 0 fully saturated rings. The van der Waals surface area contributed by atoms with E-state index >= 15 is 0 Å². The molecule has 132 valence electrons. The minimum atomic E-state index is -1.03. The molecule has 0 aromatic heterocycles. The number of carbonyl (C=O) groups is 1. The zero-order valence-electron chi connectivity index (χ0n) is 15.0. The Morgan fingerprint density at radius 3 is 2.20 bits per heavy atom. The summed E-state index contributed by atoms with van der Waals surface area (Å²) in [6, 6.07) is 14.9. The maximum atomic E-state index is 11.9. The first-order valence-electron chi connectivity index (χ1n) is 8.09. The minimum absolute atomic E-state index is 0.326. The minimum Gasteiger partial charge on any atom is -0.497 e. The average molecular weight is 341 g/mol. The maximum absolute atomic E-state index is 11.9. The molecule has 5 nitrogen and oxygen atoms in total. The lowest BCUT2D eigenvalue weighted by atomic mass is 10.1. The summed E-state index contributed by atoms with van der Waals surface area (Å²) in [6.07, 6.45) is 1.77. The number of nitrogens with zero attached hydrogens (tertiary/aromatic N) is 1. The highest BCUT2D eigenvalue weighted by Crippen LogP contribution is 2.21. The summed E-state index contributed by atoms with van der Waals surface area (Å²) in [4.78, 5) is 16.3. The van der Waals surface area contributed by atoms with Gasteiger partial charge < -0.3 is 14.2 Å². The van der Waals surface area contributed by atoms with E-state index in [1.165, 1.54) is 0 Å². The van der Waals surface area contributed by atoms with Crippen LogP contribution in [-0.4, -0.2) is 31.5 Å². The van der Waals surface area contributed by atoms with Crippen LogP contribution in [0.4, 0.5) is 5.69 Å². The van der Waals surface area contributed by atoms with Crippen molar-refractivity contribution in [3.63, 3.8) is 0 Å². The van der Waals surface area contributed by atoms with Crippen molar-refractivity contribution in [1.29, 1.82) is 0 Å². The standard InChI is InChI=1S/C20H23NO4/c1-5-24-19(22)20(2,3)25-18-10-6-15(7-11-18)14-21-16-8-12-17(23-4)13-9-16/h6-14H,5H2,1-4H3/b21-14+. The average Bonchev–Trinajstić information content (AvgIpc) is 2.61. The van der Waals surface area contributed by atoms with Crippen LogP contribution >= 0.6 is 0 Å². The molecule has 0 saturated heterocycles. The van der Waals surface area contributed by atoms with Gasteiger partial charge in [0.1, 0.15) is 11.5 Å². The third-order valence-corrected chi connectivity index (χ3v) is 3.46. The SMILES string of the molecule is CCOC(=O)C(C)(C)Oc1ccc(/C=N/c2ccc(OC)cc2)cc1. The van der Waals surface area contributed by atoms with Crippen LogP contribution in [0.1, 0.15) is 26.3 Å². The summed E-state index contributed by atoms with van der Waals surface area (Å²) in [6.45, 7) is 5.46. The largest absolute Gasteiger partial charge is 0.497 e. The fourth-order valence-electron chi connectivity index (χ4n) is 2.08. The van der Waals surface area contributed by atoms with Crippen molar-refractivity contribution in [2.45, 2.75) is 26.4 Å². The lowest BCUT2D eigenvalue weighted by molar-refractivity contribution is -0.158. The third-order valence-electron chi connectivity index (χ3n) is 3.46. The first-order chi connectivity index (χ1) is 11.9. The number of hydrogen-bond donors (Lipinski definition) is 0. The van der Waals surface area contributed by atoms with Crippen LogP contribution in [0.5, 0.6) is 11.5 Å². The van der Waals surface area contributed by atoms with E-state index in [0.717, 1.165) is 17.0 Å². The van der Waals surface area contributed by atoms with E-state index in [2.05, 4.69) is 4.99 Å². The van der Waals surface area contributed by atoms with Gasteiger partial charge in [0, 0.05) is 6.21 Å². The highest BCUT2D eigenvalue weighted by Gasteiger charge is 2.31. The second-order valence-corrected chi connectivity index (χ2v) is 5.86. The van der Waals surface area contributed by atoms with Gasteiger partial charge in [0.25, 0.3) is 0 Å². The Bertz CT molecular complexity index is 718. The molecule has 0 amide bonds. The summed E-state index contributed by atoms with van der Waals surface area (Å²) in [5, 5.41) is 0. The second-order valence-electron chi connectivity index (χ2n) is 5.86. The maximum Gasteiger partial charge on any atom is 0.349 e. The van der Waals surface area contributed by atoms with Gasteiger partial charge in [-0.1, -0.05) is 0 Å². The molecule has 0 aliphatic rings. The summed E-state index contributed by atoms with van der Waals surface area (Å²) in [5.74, 6) is 1.00. The smallest absolute Gasteiger partial charge is 0.349 e. The van der Waals surface area contributed by atoms with Gasteiger partial charge in [-0.15, -0.1) is 0 Å². The Hall–Kier alpha value is -2.82. The molecule has 2 aromatic rings. The Morgan fingerprint density at radius 2 is 1.64 bits per heavy atom. The molecule has 0 bridgehead atoms. The van der Waals surface area contributed by atoms with Crippen molar-refractivity contribution in [2.75, 3.05) is 13.7 Å². The molecule has 0 unspecified atom stereocenters. The van der Waals surface area contributed by atoms with Crippen LogP contribution in [-0.2, 0) is 9.53 Å². The number of aliphatic imine (C=N–C) groups is 1. The van der Waals surface area contributed by atoms with Crippen LogP contribution in [0.15, 0.2) is 53.5 Å². The van der Waals surface area contributed by atoms with Crippen LogP contribution < -0.4 is 9.47 Å². The Kier molecular flexibility index (Phi) is 6.17. The molecule has 2 aromatic carbocycles. The van der Waals surface area contributed by atoms with Crippen LogP contribution in [0.3, 0.4) is 0 Å². The molecular formula is C20H23NO4. The van der Waals surface area contributed by atoms with E-state index in [9.17, 15) is 4.79 Å². The number of benzene rings is 2. The predicted molar refractivity (Wildman–Crippen MR) is 98.0 cm³/mol. The topological polar surface area (TPSA) is 57.1 Å². The zero-order chi connectivity index (χ0) is 18.3. The molecule has 0 aliphatic carbocycles. The number of ether oxygens (including phenoxy) is 3. The molecule has 0 radical (unpaired) electrons. The Morgan fingerprint density at radius 1 is 1.04 bits per heavy atom. The van der Waals surface area contributed by atoms with Crippen molar-refractivity contribution in [3.05, 3.63) is 54.1 Å². The van der Waals surface area contributed by atoms with Gasteiger partial charge in [0.05, 0.1) is 19.4 Å². The van der Waals surface area contributed by atoms with E-state index in [1.54, 1.807) is 46.2 Å². The number of hydrogen-bond acceptors (Lipinski definition) is 5. The number of rotatable bonds is 7. The van der Waals surface area contributed by atoms with E-state index in [4.69, 9.17) is 14.2 Å². The molecule has 0 N–H and O–H groups in total. The first-order valence-corrected chi connectivity index (χ1v) is 8.09. The van der Waals surface area contributed by atoms with Crippen LogP contribution in [0, 0.1) is 0 Å². The quantitative estimate of drug-likeness (QED) is 0.560. The summed E-state index contributed by atoms with van der Waals surface area (Å²) in [5.41, 5.74) is 0.732. The molecule has 0 aliphatic heterocycles. The first kappa shape index (κ1) is 18.5. The molecule has 5 heteroatoms. The lowest BCUT2D eigenvalue weighted by Gasteiger charge is -2.24. The third kappa shape index (κ3) is 5.35. The van der Waals surface area contributed by atoms with Crippen molar-refractivity contribution >= 4 is 17.9 Å². The Balaban J connectivity index is 2.01. The highest BCUT2D eigenvalue weighted by atomic mass is 16.6. The number of esters is 1. The highest BCUT2D eigenvalue weighted by molar-refractivity contribution is 5.82. The van der Waals surface area contributed by atoms with E-state index < -0.39 is 5.60 Å². The van der Waals surface area contributed by atoms with E-state index in [-0.39, 0.29) is 5.97 Å². The van der Waals surface area contributed by atoms with Crippen molar-refractivity contribution in [3.8, 4) is 11.5 Å². The fraction of sp³-hybridized carbons (Fsp3) is 0.300. The van der Waals surface area contributed by atoms with Gasteiger partial charge in [-0.2, -0.15) is 0 Å². The molecule has 0 heterocycles. The number of carbonyl (C=O) groups excluding carboxylic acids is 1. The summed E-state index contributed by atoms with van der Waals surface area (Å²) >= 11 is 0. The predicted octanol–water partition coefficient (Wildman–Crippen LogP) is 4.17. The van der Waals surface area contributed by atoms with E-state index in [0.29, 0.717) is 12.4 Å². The zero-order valence-corrected chi connectivity index (χ0v) is 15.0. The van der Waals surface area contributed by atoms with Gasteiger partial charge in [-0.25, -0.2) is 4.79 Å². The molecule has 0 saturated carbocycles. The molecule has 0 spiro atoms. The van der Waals surface area contributed by atoms with Gasteiger partial charge in [0.15, 0.2) is 5.60 Å². The van der Waals surface area contributed by atoms with Crippen LogP contribution in [0.2, 0.25) is 0 Å².